The summed E-state index contributed by atoms with van der Waals surface area (Å²) in [6, 6.07) is 0. The normalized spacial score (nSPS) is 14.7. The van der Waals surface area contributed by atoms with Gasteiger partial charge in [-0.1, -0.05) is 251 Å². The van der Waals surface area contributed by atoms with E-state index in [1.807, 2.05) is 0 Å². The van der Waals surface area contributed by atoms with Crippen molar-refractivity contribution in [3.63, 3.8) is 0 Å². The van der Waals surface area contributed by atoms with Gasteiger partial charge in [-0.05, 0) is 154 Å². The summed E-state index contributed by atoms with van der Waals surface area (Å²) >= 11 is 0. The van der Waals surface area contributed by atoms with Gasteiger partial charge in [-0.2, -0.15) is 0 Å². The van der Waals surface area contributed by atoms with Crippen molar-refractivity contribution in [1.29, 1.82) is 0 Å². The molecule has 0 aromatic heterocycles. The summed E-state index contributed by atoms with van der Waals surface area (Å²) in [5, 5.41) is 10.6. The van der Waals surface area contributed by atoms with Crippen LogP contribution in [-0.4, -0.2) is 96.7 Å². The first-order valence-electron chi connectivity index (χ1n) is 38.4. The molecule has 0 saturated carbocycles. The lowest BCUT2D eigenvalue weighted by Crippen LogP contribution is -2.30. The van der Waals surface area contributed by atoms with Crippen LogP contribution in [0.25, 0.3) is 0 Å². The Labute approximate surface area is 605 Å². The molecule has 572 valence electrons. The van der Waals surface area contributed by atoms with Gasteiger partial charge in [0.15, 0.2) is 12.2 Å². The molecule has 5 unspecified atom stereocenters. The molecule has 17 nitrogen and oxygen atoms in total. The second-order valence-corrected chi connectivity index (χ2v) is 28.1. The van der Waals surface area contributed by atoms with E-state index in [-0.39, 0.29) is 25.7 Å². The number of ether oxygens (including phenoxy) is 4. The maximum atomic E-state index is 13.1. The van der Waals surface area contributed by atoms with Gasteiger partial charge in [-0.15, -0.1) is 0 Å². The van der Waals surface area contributed by atoms with Crippen LogP contribution in [0.5, 0.6) is 0 Å². The lowest BCUT2D eigenvalue weighted by molar-refractivity contribution is -0.161. The minimum atomic E-state index is -4.99. The molecular weight excluding hydrogens is 1310 g/mol. The molecule has 0 aromatic rings. The van der Waals surface area contributed by atoms with E-state index in [9.17, 15) is 43.2 Å². The average Bonchev–Trinajstić information content (AvgIpc) is 1.06. The summed E-state index contributed by atoms with van der Waals surface area (Å²) in [7, 11) is -9.97. The van der Waals surface area contributed by atoms with Crippen molar-refractivity contribution in [3.8, 4) is 0 Å². The van der Waals surface area contributed by atoms with Gasteiger partial charge in [0.25, 0.3) is 0 Å². The summed E-state index contributed by atoms with van der Waals surface area (Å²) < 4.78 is 68.5. The first kappa shape index (κ1) is 95.2. The third kappa shape index (κ3) is 71.6. The number of rotatable bonds is 71. The number of esters is 4. The average molecular weight is 1440 g/mol. The van der Waals surface area contributed by atoms with Gasteiger partial charge in [0, 0.05) is 25.7 Å². The summed E-state index contributed by atoms with van der Waals surface area (Å²) in [4.78, 5) is 72.9. The highest BCUT2D eigenvalue weighted by atomic mass is 31.2. The Morgan fingerprint density at radius 3 is 0.810 bits per heavy atom. The number of hydrogen-bond donors (Lipinski definition) is 3. The summed E-state index contributed by atoms with van der Waals surface area (Å²) in [6.07, 6.45) is 80.1. The van der Waals surface area contributed by atoms with Gasteiger partial charge in [-0.3, -0.25) is 37.3 Å². The molecule has 0 spiro atoms. The summed E-state index contributed by atoms with van der Waals surface area (Å²) in [6.45, 7) is 4.44. The topological polar surface area (TPSA) is 237 Å². The fraction of sp³-hybridized carbons (Fsp3) is 0.679. The van der Waals surface area contributed by atoms with Crippen molar-refractivity contribution in [2.24, 2.45) is 0 Å². The van der Waals surface area contributed by atoms with E-state index in [2.05, 4.69) is 161 Å². The predicted octanol–water partition coefficient (Wildman–Crippen LogP) is 22.1. The third-order valence-corrected chi connectivity index (χ3v) is 17.5. The lowest BCUT2D eigenvalue weighted by Gasteiger charge is -2.21. The highest BCUT2D eigenvalue weighted by Crippen LogP contribution is 2.45. The third-order valence-electron chi connectivity index (χ3n) is 15.6. The van der Waals surface area contributed by atoms with Crippen LogP contribution >= 0.6 is 15.6 Å². The molecule has 0 saturated heterocycles. The molecule has 3 N–H and O–H groups in total. The highest BCUT2D eigenvalue weighted by molar-refractivity contribution is 7.47. The van der Waals surface area contributed by atoms with Crippen molar-refractivity contribution < 1.29 is 80.2 Å². The minimum Gasteiger partial charge on any atom is -0.462 e. The van der Waals surface area contributed by atoms with Crippen molar-refractivity contribution in [2.45, 2.75) is 316 Å². The Bertz CT molecular complexity index is 2420. The van der Waals surface area contributed by atoms with Crippen LogP contribution in [0.1, 0.15) is 297 Å². The number of aliphatic hydroxyl groups excluding tert-OH is 1. The fourth-order valence-corrected chi connectivity index (χ4v) is 11.4. The van der Waals surface area contributed by atoms with Crippen LogP contribution in [-0.2, 0) is 65.4 Å². The predicted molar refractivity (Wildman–Crippen MR) is 408 cm³/mol. The molecule has 100 heavy (non-hydrogen) atoms. The summed E-state index contributed by atoms with van der Waals surface area (Å²) in [5.74, 6) is -2.25. The van der Waals surface area contributed by atoms with Gasteiger partial charge in [0.2, 0.25) is 0 Å². The van der Waals surface area contributed by atoms with Crippen LogP contribution < -0.4 is 0 Å². The largest absolute Gasteiger partial charge is 0.472 e. The zero-order valence-electron chi connectivity index (χ0n) is 62.3. The Morgan fingerprint density at radius 2 is 0.520 bits per heavy atom. The lowest BCUT2D eigenvalue weighted by atomic mass is 10.1. The van der Waals surface area contributed by atoms with E-state index in [1.54, 1.807) is 0 Å². The van der Waals surface area contributed by atoms with E-state index in [1.165, 1.54) is 25.7 Å². The number of phosphoric acid groups is 2. The molecule has 19 heteroatoms. The first-order chi connectivity index (χ1) is 48.7. The number of unbranched alkanes of at least 4 members (excludes halogenated alkanes) is 23. The maximum Gasteiger partial charge on any atom is 0.472 e. The SMILES string of the molecule is CC/C=C\C/C=C\C/C=C\C/C=C\CCCCCCC(=O)OCC(COP(=O)(O)OCC(O)COP(=O)(O)OCC(COC(=O)CCCCCCC/C=C\C/C=C\C/C=C\CC)OC(=O)CCCCCCC/C=C\CCCCCC)OC(=O)CCCCCCC/C=C\C/C=C\C/C=C\CC. The maximum absolute atomic E-state index is 13.1. The number of carbonyl (C=O) groups excluding carboxylic acids is 4. The molecule has 0 fully saturated rings. The van der Waals surface area contributed by atoms with Gasteiger partial charge in [0.05, 0.1) is 26.4 Å². The second-order valence-electron chi connectivity index (χ2n) is 25.1. The van der Waals surface area contributed by atoms with Crippen LogP contribution in [0.3, 0.4) is 0 Å². The molecule has 0 rings (SSSR count). The zero-order chi connectivity index (χ0) is 73.2. The van der Waals surface area contributed by atoms with Gasteiger partial charge >= 0.3 is 39.5 Å². The van der Waals surface area contributed by atoms with Crippen molar-refractivity contribution in [2.75, 3.05) is 39.6 Å². The molecule has 0 aliphatic heterocycles. The molecule has 0 radical (unpaired) electrons. The van der Waals surface area contributed by atoms with Gasteiger partial charge in [0.1, 0.15) is 19.3 Å². The number of phosphoric ester groups is 2. The van der Waals surface area contributed by atoms with E-state index >= 15 is 0 Å². The molecule has 0 aliphatic rings. The Hall–Kier alpha value is -4.80. The monoisotopic (exact) mass is 1440 g/mol. The minimum absolute atomic E-state index is 0.0661. The van der Waals surface area contributed by atoms with Crippen molar-refractivity contribution in [3.05, 3.63) is 134 Å². The van der Waals surface area contributed by atoms with Crippen LogP contribution in [0.15, 0.2) is 134 Å². The Morgan fingerprint density at radius 1 is 0.290 bits per heavy atom. The van der Waals surface area contributed by atoms with E-state index in [4.69, 9.17) is 37.0 Å². The molecule has 0 bridgehead atoms. The smallest absolute Gasteiger partial charge is 0.462 e. The number of allylic oxidation sites excluding steroid dienone is 22. The molecular formula is C81H136O17P2. The molecule has 5 atom stereocenters. The van der Waals surface area contributed by atoms with Crippen molar-refractivity contribution in [1.82, 2.24) is 0 Å². The van der Waals surface area contributed by atoms with E-state index in [0.717, 1.165) is 193 Å². The number of carbonyl (C=O) groups is 4. The van der Waals surface area contributed by atoms with Crippen LogP contribution in [0, 0.1) is 0 Å². The molecule has 0 aliphatic carbocycles. The summed E-state index contributed by atoms with van der Waals surface area (Å²) in [5.41, 5.74) is 0. The molecule has 0 heterocycles. The van der Waals surface area contributed by atoms with E-state index in [0.29, 0.717) is 25.7 Å². The van der Waals surface area contributed by atoms with Gasteiger partial charge in [-0.25, -0.2) is 9.13 Å². The zero-order valence-corrected chi connectivity index (χ0v) is 64.1. The Kier molecular flexibility index (Phi) is 69.1. The quantitative estimate of drug-likeness (QED) is 0.0169. The standard InChI is InChI=1S/C81H136O17P2/c1-5-9-13-17-21-25-29-33-36-37-40-43-46-50-54-58-62-66-79(84)92-72-77(98-81(86)68-64-60-56-52-48-44-39-35-31-27-23-19-15-11-7-3)74-96-100(89,90)94-70-75(82)69-93-99(87,88)95-73-76(97-80(85)67-63-59-55-51-47-41-32-28-24-20-16-12-8-4)71-91-78(83)65-61-57-53-49-45-42-38-34-30-26-22-18-14-10-6-2/h9-11,13-15,21-23,25-28,32-36,38-40,43,75-77,82H,5-8,12,16-20,24,29-31,37,41-42,44-74H2,1-4H3,(H,87,88)(H,89,90)/b13-9-,14-10-,15-11-,25-21-,26-22-,27-23-,32-28-,36-33-,38-34-,39-35-,43-40-. The number of hydrogen-bond acceptors (Lipinski definition) is 15. The van der Waals surface area contributed by atoms with E-state index < -0.39 is 97.5 Å². The number of aliphatic hydroxyl groups is 1. The van der Waals surface area contributed by atoms with Crippen LogP contribution in [0.4, 0.5) is 0 Å². The second kappa shape index (κ2) is 72.5. The van der Waals surface area contributed by atoms with Crippen molar-refractivity contribution >= 4 is 39.5 Å². The highest BCUT2D eigenvalue weighted by Gasteiger charge is 2.30. The Balaban J connectivity index is 5.41. The first-order valence-corrected chi connectivity index (χ1v) is 41.4. The van der Waals surface area contributed by atoms with Gasteiger partial charge < -0.3 is 33.8 Å². The van der Waals surface area contributed by atoms with Crippen LogP contribution in [0.2, 0.25) is 0 Å². The molecule has 0 aromatic carbocycles. The fourth-order valence-electron chi connectivity index (χ4n) is 9.82. The molecule has 0 amide bonds.